The topological polar surface area (TPSA) is 38.7 Å². The van der Waals surface area contributed by atoms with Crippen LogP contribution in [-0.2, 0) is 9.47 Å². The summed E-state index contributed by atoms with van der Waals surface area (Å²) in [4.78, 5) is 0. The van der Waals surface area contributed by atoms with Gasteiger partial charge in [-0.1, -0.05) is 5.57 Å². The van der Waals surface area contributed by atoms with Gasteiger partial charge in [0.25, 0.3) is 0 Å². The molecule has 0 spiro atoms. The summed E-state index contributed by atoms with van der Waals surface area (Å²) in [5, 5.41) is 8.77. The van der Waals surface area contributed by atoms with Gasteiger partial charge in [-0.3, -0.25) is 0 Å². The van der Waals surface area contributed by atoms with Crippen molar-refractivity contribution in [3.05, 3.63) is 23.2 Å². The molecule has 0 atom stereocenters. The van der Waals surface area contributed by atoms with E-state index in [0.717, 1.165) is 30.8 Å². The molecule has 0 aromatic heterocycles. The average molecular weight is 184 g/mol. The van der Waals surface area contributed by atoms with Crippen molar-refractivity contribution in [3.63, 3.8) is 0 Å². The zero-order valence-electron chi connectivity index (χ0n) is 8.17. The summed E-state index contributed by atoms with van der Waals surface area (Å²) in [6.45, 7) is 0.200. The van der Waals surface area contributed by atoms with Gasteiger partial charge < -0.3 is 14.6 Å². The second-order valence-corrected chi connectivity index (χ2v) is 2.97. The van der Waals surface area contributed by atoms with Gasteiger partial charge in [-0.2, -0.15) is 0 Å². The highest BCUT2D eigenvalue weighted by atomic mass is 16.5. The number of hydrogen-bond donors (Lipinski definition) is 1. The van der Waals surface area contributed by atoms with E-state index in [2.05, 4.69) is 0 Å². The largest absolute Gasteiger partial charge is 0.497 e. The number of aliphatic hydroxyl groups is 1. The lowest BCUT2D eigenvalue weighted by Gasteiger charge is -2.17. The van der Waals surface area contributed by atoms with Crippen molar-refractivity contribution >= 4 is 0 Å². The molecular formula is C10H16O3. The number of aliphatic hydroxyl groups excluding tert-OH is 1. The van der Waals surface area contributed by atoms with Crippen LogP contribution >= 0.6 is 0 Å². The molecule has 1 rings (SSSR count). The van der Waals surface area contributed by atoms with Crippen molar-refractivity contribution in [2.75, 3.05) is 20.8 Å². The number of rotatable bonds is 4. The van der Waals surface area contributed by atoms with Gasteiger partial charge in [0.05, 0.1) is 14.2 Å². The average Bonchev–Trinajstić information content (AvgIpc) is 2.18. The minimum absolute atomic E-state index is 0.200. The highest BCUT2D eigenvalue weighted by molar-refractivity contribution is 5.26. The summed E-state index contributed by atoms with van der Waals surface area (Å²) >= 11 is 0. The van der Waals surface area contributed by atoms with Crippen molar-refractivity contribution in [2.45, 2.75) is 19.3 Å². The fourth-order valence-electron chi connectivity index (χ4n) is 1.45. The van der Waals surface area contributed by atoms with E-state index in [4.69, 9.17) is 14.6 Å². The first-order chi connectivity index (χ1) is 6.31. The maximum Gasteiger partial charge on any atom is 0.156 e. The minimum Gasteiger partial charge on any atom is -0.497 e. The lowest BCUT2D eigenvalue weighted by Crippen LogP contribution is -2.04. The zero-order valence-corrected chi connectivity index (χ0v) is 8.17. The molecular weight excluding hydrogens is 168 g/mol. The molecule has 0 bridgehead atoms. The summed E-state index contributed by atoms with van der Waals surface area (Å²) in [6, 6.07) is 0. The summed E-state index contributed by atoms with van der Waals surface area (Å²) in [6.07, 6.45) is 4.50. The van der Waals surface area contributed by atoms with Crippen LogP contribution in [0.3, 0.4) is 0 Å². The Kier molecular flexibility index (Phi) is 3.83. The second kappa shape index (κ2) is 4.92. The fourth-order valence-corrected chi connectivity index (χ4v) is 1.45. The monoisotopic (exact) mass is 184 g/mol. The predicted octanol–water partition coefficient (Wildman–Crippen LogP) is 1.59. The highest BCUT2D eigenvalue weighted by Crippen LogP contribution is 2.26. The van der Waals surface area contributed by atoms with Crippen LogP contribution in [0, 0.1) is 0 Å². The molecule has 0 fully saturated rings. The molecule has 0 amide bonds. The molecule has 13 heavy (non-hydrogen) atoms. The first-order valence-corrected chi connectivity index (χ1v) is 4.43. The van der Waals surface area contributed by atoms with Crippen molar-refractivity contribution in [3.8, 4) is 0 Å². The smallest absolute Gasteiger partial charge is 0.156 e. The normalized spacial score (nSPS) is 17.0. The van der Waals surface area contributed by atoms with Gasteiger partial charge in [0.2, 0.25) is 0 Å². The summed E-state index contributed by atoms with van der Waals surface area (Å²) in [5.41, 5.74) is 1.22. The van der Waals surface area contributed by atoms with Gasteiger partial charge >= 0.3 is 0 Å². The Bertz CT molecular complexity index is 228. The van der Waals surface area contributed by atoms with Crippen molar-refractivity contribution in [1.29, 1.82) is 0 Å². The van der Waals surface area contributed by atoms with Crippen LogP contribution in [-0.4, -0.2) is 25.9 Å². The van der Waals surface area contributed by atoms with Gasteiger partial charge in [-0.15, -0.1) is 0 Å². The van der Waals surface area contributed by atoms with Crippen molar-refractivity contribution in [1.82, 2.24) is 0 Å². The third kappa shape index (κ3) is 2.49. The van der Waals surface area contributed by atoms with Crippen LogP contribution in [0.4, 0.5) is 0 Å². The number of methoxy groups -OCH3 is 2. The molecule has 1 aliphatic carbocycles. The number of ether oxygens (including phenoxy) is 2. The Hall–Kier alpha value is -0.960. The Morgan fingerprint density at radius 1 is 1.31 bits per heavy atom. The second-order valence-electron chi connectivity index (χ2n) is 2.97. The Labute approximate surface area is 78.7 Å². The maximum absolute atomic E-state index is 8.77. The van der Waals surface area contributed by atoms with E-state index in [-0.39, 0.29) is 6.61 Å². The molecule has 0 aromatic rings. The van der Waals surface area contributed by atoms with Crippen molar-refractivity contribution in [2.24, 2.45) is 0 Å². The highest BCUT2D eigenvalue weighted by Gasteiger charge is 2.13. The molecule has 0 saturated carbocycles. The third-order valence-electron chi connectivity index (χ3n) is 2.18. The van der Waals surface area contributed by atoms with Crippen molar-refractivity contribution < 1.29 is 14.6 Å². The van der Waals surface area contributed by atoms with Gasteiger partial charge in [0.15, 0.2) is 5.76 Å². The van der Waals surface area contributed by atoms with E-state index >= 15 is 0 Å². The van der Waals surface area contributed by atoms with Crippen LogP contribution in [0.1, 0.15) is 19.3 Å². The molecule has 3 nitrogen and oxygen atoms in total. The fraction of sp³-hybridized carbons (Fsp3) is 0.600. The maximum atomic E-state index is 8.77. The molecule has 74 valence electrons. The van der Waals surface area contributed by atoms with Crippen LogP contribution < -0.4 is 0 Å². The van der Waals surface area contributed by atoms with Gasteiger partial charge in [-0.05, 0) is 18.9 Å². The molecule has 0 saturated heterocycles. The van der Waals surface area contributed by atoms with E-state index in [1.807, 2.05) is 6.08 Å². The van der Waals surface area contributed by atoms with Gasteiger partial charge in [0, 0.05) is 13.0 Å². The van der Waals surface area contributed by atoms with E-state index in [1.165, 1.54) is 5.57 Å². The summed E-state index contributed by atoms with van der Waals surface area (Å²) in [7, 11) is 3.28. The van der Waals surface area contributed by atoms with E-state index in [0.29, 0.717) is 0 Å². The lowest BCUT2D eigenvalue weighted by molar-refractivity contribution is 0.216. The van der Waals surface area contributed by atoms with Crippen LogP contribution in [0.2, 0.25) is 0 Å². The molecule has 0 radical (unpaired) electrons. The van der Waals surface area contributed by atoms with Crippen LogP contribution in [0.15, 0.2) is 23.2 Å². The Morgan fingerprint density at radius 3 is 2.62 bits per heavy atom. The first-order valence-electron chi connectivity index (χ1n) is 4.43. The minimum atomic E-state index is 0.200. The number of allylic oxidation sites excluding steroid dienone is 2. The SMILES string of the molecule is COC1=C(OC)CCC(CCO)=C1. The molecule has 3 heteroatoms. The molecule has 1 aliphatic rings. The standard InChI is InChI=1S/C10H16O3/c1-12-9-4-3-8(5-6-11)7-10(9)13-2/h7,11H,3-6H2,1-2H3. The lowest BCUT2D eigenvalue weighted by atomic mass is 10.00. The molecule has 0 aromatic carbocycles. The zero-order chi connectivity index (χ0) is 9.68. The molecule has 0 heterocycles. The Balaban J connectivity index is 2.74. The summed E-state index contributed by atoms with van der Waals surface area (Å²) in [5.74, 6) is 1.68. The van der Waals surface area contributed by atoms with Gasteiger partial charge in [0.1, 0.15) is 5.76 Å². The van der Waals surface area contributed by atoms with Crippen LogP contribution in [0.25, 0.3) is 0 Å². The number of hydrogen-bond acceptors (Lipinski definition) is 3. The predicted molar refractivity (Wildman–Crippen MR) is 50.1 cm³/mol. The van der Waals surface area contributed by atoms with E-state index in [1.54, 1.807) is 14.2 Å². The third-order valence-corrected chi connectivity index (χ3v) is 2.18. The Morgan fingerprint density at radius 2 is 2.08 bits per heavy atom. The molecule has 0 aliphatic heterocycles. The van der Waals surface area contributed by atoms with Gasteiger partial charge in [-0.25, -0.2) is 0 Å². The molecule has 0 unspecified atom stereocenters. The van der Waals surface area contributed by atoms with E-state index < -0.39 is 0 Å². The quantitative estimate of drug-likeness (QED) is 0.721. The first kappa shape index (κ1) is 10.1. The van der Waals surface area contributed by atoms with Crippen LogP contribution in [0.5, 0.6) is 0 Å². The molecule has 1 N–H and O–H groups in total. The summed E-state index contributed by atoms with van der Waals surface area (Å²) < 4.78 is 10.3. The van der Waals surface area contributed by atoms with E-state index in [9.17, 15) is 0 Å².